The number of carbonyl (C=O) groups excluding carboxylic acids is 1. The van der Waals surface area contributed by atoms with Gasteiger partial charge in [-0.25, -0.2) is 4.98 Å². The Labute approximate surface area is 151 Å². The number of nitrogens with zero attached hydrogens (tertiary/aromatic N) is 1. The molecule has 3 rings (SSSR count). The Morgan fingerprint density at radius 2 is 1.88 bits per heavy atom. The molecule has 5 nitrogen and oxygen atoms in total. The zero-order valence-electron chi connectivity index (χ0n) is 14.1. The van der Waals surface area contributed by atoms with Crippen LogP contribution in [0, 0.1) is 5.92 Å². The number of aromatic nitrogens is 1. The highest BCUT2D eigenvalue weighted by molar-refractivity contribution is 7.80. The summed E-state index contributed by atoms with van der Waals surface area (Å²) in [6.07, 6.45) is 0. The molecule has 0 fully saturated rings. The number of rotatable bonds is 4. The number of thiocarbonyl (C=S) groups is 1. The van der Waals surface area contributed by atoms with Crippen LogP contribution in [0.25, 0.3) is 22.6 Å². The number of nitrogens with one attached hydrogen (secondary N) is 2. The van der Waals surface area contributed by atoms with Gasteiger partial charge in [-0.05, 0) is 42.0 Å². The van der Waals surface area contributed by atoms with Crippen molar-refractivity contribution >= 4 is 34.3 Å². The van der Waals surface area contributed by atoms with Crippen molar-refractivity contribution in [2.24, 2.45) is 5.92 Å². The van der Waals surface area contributed by atoms with E-state index in [0.29, 0.717) is 17.5 Å². The third-order valence-electron chi connectivity index (χ3n) is 3.71. The number of hydrogen-bond donors (Lipinski definition) is 2. The molecule has 1 aromatic heterocycles. The van der Waals surface area contributed by atoms with Gasteiger partial charge in [0.05, 0.1) is 0 Å². The van der Waals surface area contributed by atoms with Gasteiger partial charge >= 0.3 is 0 Å². The maximum absolute atomic E-state index is 11.6. The molecule has 25 heavy (non-hydrogen) atoms. The molecule has 1 heterocycles. The Balaban J connectivity index is 1.62. The minimum Gasteiger partial charge on any atom is -0.436 e. The molecule has 0 aliphatic heterocycles. The highest BCUT2D eigenvalue weighted by Crippen LogP contribution is 2.24. The number of amides is 1. The van der Waals surface area contributed by atoms with Crippen molar-refractivity contribution in [1.82, 2.24) is 15.6 Å². The van der Waals surface area contributed by atoms with E-state index in [-0.39, 0.29) is 11.8 Å². The first kappa shape index (κ1) is 17.1. The van der Waals surface area contributed by atoms with Gasteiger partial charge in [0.25, 0.3) is 0 Å². The van der Waals surface area contributed by atoms with Gasteiger partial charge in [0.1, 0.15) is 5.52 Å². The van der Waals surface area contributed by atoms with E-state index in [1.165, 1.54) is 0 Å². The van der Waals surface area contributed by atoms with Gasteiger partial charge in [0.2, 0.25) is 11.8 Å². The van der Waals surface area contributed by atoms with Crippen LogP contribution in [0.1, 0.15) is 19.4 Å². The monoisotopic (exact) mass is 353 g/mol. The molecule has 128 valence electrons. The van der Waals surface area contributed by atoms with E-state index in [9.17, 15) is 4.79 Å². The number of oxazole rings is 1. The third-order valence-corrected chi connectivity index (χ3v) is 3.96. The van der Waals surface area contributed by atoms with Crippen molar-refractivity contribution in [2.75, 3.05) is 0 Å². The van der Waals surface area contributed by atoms with Crippen LogP contribution in [0.5, 0.6) is 0 Å². The highest BCUT2D eigenvalue weighted by atomic mass is 32.1. The molecule has 6 heteroatoms. The number of fused-ring (bicyclic) bond motifs is 1. The predicted molar refractivity (Wildman–Crippen MR) is 102 cm³/mol. The van der Waals surface area contributed by atoms with Crippen LogP contribution in [0.2, 0.25) is 0 Å². The number of benzene rings is 2. The molecule has 0 saturated heterocycles. The minimum absolute atomic E-state index is 0.0937. The smallest absolute Gasteiger partial charge is 0.228 e. The number of hydrogen-bond acceptors (Lipinski definition) is 4. The maximum atomic E-state index is 11.6. The lowest BCUT2D eigenvalue weighted by Crippen LogP contribution is -2.40. The Kier molecular flexibility index (Phi) is 5.09. The number of carbonyl (C=O) groups is 1. The van der Waals surface area contributed by atoms with Crippen molar-refractivity contribution in [2.45, 2.75) is 20.4 Å². The van der Waals surface area contributed by atoms with Crippen LogP contribution in [-0.4, -0.2) is 16.0 Å². The van der Waals surface area contributed by atoms with E-state index in [1.54, 1.807) is 0 Å². The van der Waals surface area contributed by atoms with Crippen LogP contribution < -0.4 is 10.6 Å². The van der Waals surface area contributed by atoms with Crippen LogP contribution >= 0.6 is 12.2 Å². The molecule has 0 saturated carbocycles. The van der Waals surface area contributed by atoms with Gasteiger partial charge in [-0.3, -0.25) is 4.79 Å². The standard InChI is InChI=1S/C19H19N3O2S/c1-12(2)17(23)22-19(25)20-11-13-7-9-14(10-8-13)18-21-15-5-3-4-6-16(15)24-18/h3-10,12H,11H2,1-2H3,(H2,20,22,23,25). The largest absolute Gasteiger partial charge is 0.436 e. The van der Waals surface area contributed by atoms with Gasteiger partial charge in [-0.1, -0.05) is 38.1 Å². The molecule has 0 aliphatic carbocycles. The molecule has 2 aromatic carbocycles. The second-order valence-corrected chi connectivity index (χ2v) is 6.42. The SMILES string of the molecule is CC(C)C(=O)NC(=S)NCc1ccc(-c2nc3ccccc3o2)cc1. The second-order valence-electron chi connectivity index (χ2n) is 6.01. The Morgan fingerprint density at radius 1 is 1.16 bits per heavy atom. The lowest BCUT2D eigenvalue weighted by atomic mass is 10.1. The van der Waals surface area contributed by atoms with Crippen LogP contribution in [0.3, 0.4) is 0 Å². The average Bonchev–Trinajstić information content (AvgIpc) is 3.04. The quantitative estimate of drug-likeness (QED) is 0.701. The normalized spacial score (nSPS) is 10.8. The Bertz CT molecular complexity index is 867. The Hall–Kier alpha value is -2.73. The van der Waals surface area contributed by atoms with Gasteiger partial charge in [-0.2, -0.15) is 0 Å². The summed E-state index contributed by atoms with van der Waals surface area (Å²) in [6, 6.07) is 15.5. The molecule has 0 bridgehead atoms. The van der Waals surface area contributed by atoms with E-state index in [4.69, 9.17) is 16.6 Å². The molecule has 0 aliphatic rings. The van der Waals surface area contributed by atoms with E-state index < -0.39 is 0 Å². The molecule has 0 atom stereocenters. The summed E-state index contributed by atoms with van der Waals surface area (Å²) >= 11 is 5.12. The minimum atomic E-state index is -0.102. The summed E-state index contributed by atoms with van der Waals surface area (Å²) < 4.78 is 5.76. The summed E-state index contributed by atoms with van der Waals surface area (Å²) in [5, 5.41) is 6.02. The molecule has 0 radical (unpaired) electrons. The molecule has 0 spiro atoms. The van der Waals surface area contributed by atoms with E-state index >= 15 is 0 Å². The topological polar surface area (TPSA) is 67.2 Å². The lowest BCUT2D eigenvalue weighted by molar-refractivity contribution is -0.122. The zero-order chi connectivity index (χ0) is 17.8. The molecule has 0 unspecified atom stereocenters. The highest BCUT2D eigenvalue weighted by Gasteiger charge is 2.09. The van der Waals surface area contributed by atoms with E-state index in [0.717, 1.165) is 22.2 Å². The van der Waals surface area contributed by atoms with Gasteiger partial charge in [0.15, 0.2) is 10.7 Å². The fourth-order valence-electron chi connectivity index (χ4n) is 2.24. The van der Waals surface area contributed by atoms with Crippen molar-refractivity contribution < 1.29 is 9.21 Å². The van der Waals surface area contributed by atoms with Crippen molar-refractivity contribution in [3.8, 4) is 11.5 Å². The average molecular weight is 353 g/mol. The van der Waals surface area contributed by atoms with Crippen molar-refractivity contribution in [3.63, 3.8) is 0 Å². The Morgan fingerprint density at radius 3 is 2.56 bits per heavy atom. The zero-order valence-corrected chi connectivity index (χ0v) is 14.9. The lowest BCUT2D eigenvalue weighted by Gasteiger charge is -2.11. The first-order chi connectivity index (χ1) is 12.0. The van der Waals surface area contributed by atoms with Gasteiger partial charge in [-0.15, -0.1) is 0 Å². The summed E-state index contributed by atoms with van der Waals surface area (Å²) in [5.74, 6) is 0.402. The summed E-state index contributed by atoms with van der Waals surface area (Å²) in [7, 11) is 0. The van der Waals surface area contributed by atoms with Crippen LogP contribution in [0.4, 0.5) is 0 Å². The van der Waals surface area contributed by atoms with Gasteiger partial charge in [0, 0.05) is 18.0 Å². The maximum Gasteiger partial charge on any atom is 0.228 e. The molecule has 3 aromatic rings. The van der Waals surface area contributed by atoms with Crippen LogP contribution in [-0.2, 0) is 11.3 Å². The molecule has 1 amide bonds. The van der Waals surface area contributed by atoms with Crippen molar-refractivity contribution in [1.29, 1.82) is 0 Å². The number of para-hydroxylation sites is 2. The molecular weight excluding hydrogens is 334 g/mol. The second kappa shape index (κ2) is 7.44. The molecule has 2 N–H and O–H groups in total. The summed E-state index contributed by atoms with van der Waals surface area (Å²) in [6.45, 7) is 4.18. The first-order valence-corrected chi connectivity index (χ1v) is 8.47. The summed E-state index contributed by atoms with van der Waals surface area (Å²) in [5.41, 5.74) is 3.57. The van der Waals surface area contributed by atoms with E-state index in [1.807, 2.05) is 62.4 Å². The predicted octanol–water partition coefficient (Wildman–Crippen LogP) is 3.64. The van der Waals surface area contributed by atoms with Crippen molar-refractivity contribution in [3.05, 3.63) is 54.1 Å². The van der Waals surface area contributed by atoms with Gasteiger partial charge < -0.3 is 15.1 Å². The molecular formula is C19H19N3O2S. The summed E-state index contributed by atoms with van der Waals surface area (Å²) in [4.78, 5) is 16.1. The fraction of sp³-hybridized carbons (Fsp3) is 0.211. The fourth-order valence-corrected chi connectivity index (χ4v) is 2.42. The van der Waals surface area contributed by atoms with E-state index in [2.05, 4.69) is 15.6 Å². The first-order valence-electron chi connectivity index (χ1n) is 8.06. The third kappa shape index (κ3) is 4.22. The van der Waals surface area contributed by atoms with Crippen LogP contribution in [0.15, 0.2) is 52.9 Å².